The van der Waals surface area contributed by atoms with Gasteiger partial charge in [0.25, 0.3) is 0 Å². The quantitative estimate of drug-likeness (QED) is 0.929. The Morgan fingerprint density at radius 2 is 2.04 bits per heavy atom. The third-order valence-electron chi connectivity index (χ3n) is 5.74. The lowest BCUT2D eigenvalue weighted by Crippen LogP contribution is -2.30. The van der Waals surface area contributed by atoms with Crippen molar-refractivity contribution in [3.05, 3.63) is 41.6 Å². The smallest absolute Gasteiger partial charge is 0.0682 e. The van der Waals surface area contributed by atoms with Crippen molar-refractivity contribution >= 4 is 12.4 Å². The van der Waals surface area contributed by atoms with Gasteiger partial charge in [0.15, 0.2) is 0 Å². The van der Waals surface area contributed by atoms with E-state index in [2.05, 4.69) is 41.2 Å². The third kappa shape index (κ3) is 3.10. The second-order valence-electron chi connectivity index (χ2n) is 7.36. The van der Waals surface area contributed by atoms with E-state index < -0.39 is 0 Å². The Hall–Kier alpha value is -1.36. The van der Waals surface area contributed by atoms with Crippen molar-refractivity contribution in [3.63, 3.8) is 0 Å². The van der Waals surface area contributed by atoms with Crippen molar-refractivity contribution < 1.29 is 0 Å². The van der Waals surface area contributed by atoms with Crippen molar-refractivity contribution in [2.75, 3.05) is 13.1 Å². The monoisotopic (exact) mass is 346 g/mol. The van der Waals surface area contributed by atoms with Crippen molar-refractivity contribution in [1.29, 1.82) is 0 Å². The summed E-state index contributed by atoms with van der Waals surface area (Å²) in [5, 5.41) is 4.34. The van der Waals surface area contributed by atoms with E-state index in [1.807, 2.05) is 17.9 Å². The van der Waals surface area contributed by atoms with Crippen LogP contribution in [0, 0.1) is 18.8 Å². The summed E-state index contributed by atoms with van der Waals surface area (Å²) >= 11 is 0. The topological polar surface area (TPSA) is 47.1 Å². The number of benzene rings is 1. The van der Waals surface area contributed by atoms with Crippen molar-refractivity contribution in [2.45, 2.75) is 32.4 Å². The predicted molar refractivity (Wildman–Crippen MR) is 100 cm³/mol. The zero-order valence-corrected chi connectivity index (χ0v) is 15.3. The molecule has 130 valence electrons. The molecule has 1 aromatic heterocycles. The predicted octanol–water partition coefficient (Wildman–Crippen LogP) is 2.99. The Bertz CT molecular complexity index is 711. The molecule has 0 amide bonds. The van der Waals surface area contributed by atoms with Gasteiger partial charge in [-0.05, 0) is 49.3 Å². The van der Waals surface area contributed by atoms with E-state index in [9.17, 15) is 0 Å². The molecular formula is C19H27ClN4. The standard InChI is InChI=1S/C19H26N4.ClH/c1-13-3-4-14(16(9-13)19-7-8-21-22(19)2)10-23-11-15-5-6-18(20)17(15)12-23;/h3-4,7-9,15,17-18H,5-6,10-12,20H2,1-2H3;1H. The molecule has 0 spiro atoms. The van der Waals surface area contributed by atoms with Crippen LogP contribution in [0.1, 0.15) is 24.0 Å². The maximum absolute atomic E-state index is 6.28. The first kappa shape index (κ1) is 17.5. The molecule has 2 heterocycles. The molecule has 1 aliphatic heterocycles. The average Bonchev–Trinajstić information content (AvgIpc) is 3.20. The lowest BCUT2D eigenvalue weighted by molar-refractivity contribution is 0.298. The van der Waals surface area contributed by atoms with E-state index in [1.165, 1.54) is 41.8 Å². The van der Waals surface area contributed by atoms with Gasteiger partial charge < -0.3 is 5.73 Å². The first-order valence-electron chi connectivity index (χ1n) is 8.67. The van der Waals surface area contributed by atoms with Gasteiger partial charge in [0.1, 0.15) is 0 Å². The van der Waals surface area contributed by atoms with Crippen LogP contribution in [0.3, 0.4) is 0 Å². The van der Waals surface area contributed by atoms with E-state index in [4.69, 9.17) is 5.73 Å². The minimum Gasteiger partial charge on any atom is -0.327 e. The molecule has 4 rings (SSSR count). The van der Waals surface area contributed by atoms with Gasteiger partial charge in [-0.3, -0.25) is 9.58 Å². The molecule has 3 unspecified atom stereocenters. The van der Waals surface area contributed by atoms with Crippen LogP contribution in [-0.2, 0) is 13.6 Å². The molecule has 5 heteroatoms. The summed E-state index contributed by atoms with van der Waals surface area (Å²) in [6.07, 6.45) is 4.40. The Kier molecular flexibility index (Phi) is 5.00. The first-order chi connectivity index (χ1) is 11.1. The summed E-state index contributed by atoms with van der Waals surface area (Å²) in [5.41, 5.74) is 11.5. The number of rotatable bonds is 3. The van der Waals surface area contributed by atoms with Crippen LogP contribution in [0.5, 0.6) is 0 Å². The van der Waals surface area contributed by atoms with Gasteiger partial charge >= 0.3 is 0 Å². The van der Waals surface area contributed by atoms with E-state index >= 15 is 0 Å². The molecule has 1 aliphatic carbocycles. The van der Waals surface area contributed by atoms with Gasteiger partial charge in [0.05, 0.1) is 5.69 Å². The van der Waals surface area contributed by atoms with Crippen LogP contribution >= 0.6 is 12.4 Å². The van der Waals surface area contributed by atoms with Crippen LogP contribution in [0.2, 0.25) is 0 Å². The van der Waals surface area contributed by atoms with Gasteiger partial charge in [-0.25, -0.2) is 0 Å². The van der Waals surface area contributed by atoms with Crippen LogP contribution < -0.4 is 5.73 Å². The van der Waals surface area contributed by atoms with Gasteiger partial charge in [0, 0.05) is 44.5 Å². The SMILES string of the molecule is Cc1ccc(CN2CC3CCC(N)C3C2)c(-c2ccnn2C)c1.Cl. The Balaban J connectivity index is 0.00000169. The third-order valence-corrected chi connectivity index (χ3v) is 5.74. The number of aryl methyl sites for hydroxylation is 2. The molecule has 2 N–H and O–H groups in total. The lowest BCUT2D eigenvalue weighted by Gasteiger charge is -2.20. The summed E-state index contributed by atoms with van der Waals surface area (Å²) in [5.74, 6) is 1.52. The molecule has 3 atom stereocenters. The summed E-state index contributed by atoms with van der Waals surface area (Å²) in [6.45, 7) is 5.53. The van der Waals surface area contributed by atoms with Gasteiger partial charge in [0.2, 0.25) is 0 Å². The summed E-state index contributed by atoms with van der Waals surface area (Å²) in [4.78, 5) is 2.60. The largest absolute Gasteiger partial charge is 0.327 e. The number of halogens is 1. The number of nitrogens with zero attached hydrogens (tertiary/aromatic N) is 3. The fourth-order valence-corrected chi connectivity index (χ4v) is 4.47. The van der Waals surface area contributed by atoms with Crippen LogP contribution in [0.25, 0.3) is 11.3 Å². The minimum atomic E-state index is 0. The first-order valence-corrected chi connectivity index (χ1v) is 8.67. The Morgan fingerprint density at radius 1 is 1.21 bits per heavy atom. The van der Waals surface area contributed by atoms with Crippen molar-refractivity contribution in [1.82, 2.24) is 14.7 Å². The molecule has 0 radical (unpaired) electrons. The number of nitrogens with two attached hydrogens (primary N) is 1. The molecule has 2 fully saturated rings. The molecule has 2 aliphatic rings. The number of aromatic nitrogens is 2. The highest BCUT2D eigenvalue weighted by atomic mass is 35.5. The highest BCUT2D eigenvalue weighted by Crippen LogP contribution is 2.38. The van der Waals surface area contributed by atoms with Gasteiger partial charge in [-0.1, -0.05) is 17.7 Å². The average molecular weight is 347 g/mol. The second-order valence-corrected chi connectivity index (χ2v) is 7.36. The maximum atomic E-state index is 6.28. The number of likely N-dealkylation sites (tertiary alicyclic amines) is 1. The molecule has 0 bridgehead atoms. The lowest BCUT2D eigenvalue weighted by atomic mass is 9.98. The summed E-state index contributed by atoms with van der Waals surface area (Å²) in [6, 6.07) is 9.31. The molecule has 1 saturated carbocycles. The van der Waals surface area contributed by atoms with E-state index in [-0.39, 0.29) is 12.4 Å². The maximum Gasteiger partial charge on any atom is 0.0682 e. The van der Waals surface area contributed by atoms with Crippen LogP contribution in [-0.4, -0.2) is 33.8 Å². The molecule has 4 nitrogen and oxygen atoms in total. The molecule has 2 aromatic rings. The van der Waals surface area contributed by atoms with Gasteiger partial charge in [-0.15, -0.1) is 12.4 Å². The van der Waals surface area contributed by atoms with E-state index in [1.54, 1.807) is 0 Å². The highest BCUT2D eigenvalue weighted by Gasteiger charge is 2.40. The zero-order chi connectivity index (χ0) is 16.0. The fraction of sp³-hybridized carbons (Fsp3) is 0.526. The Labute approximate surface area is 150 Å². The molecule has 24 heavy (non-hydrogen) atoms. The molecule has 1 saturated heterocycles. The molecular weight excluding hydrogens is 320 g/mol. The van der Waals surface area contributed by atoms with Crippen LogP contribution in [0.15, 0.2) is 30.5 Å². The van der Waals surface area contributed by atoms with Gasteiger partial charge in [-0.2, -0.15) is 5.10 Å². The van der Waals surface area contributed by atoms with E-state index in [0.29, 0.717) is 12.0 Å². The number of hydrogen-bond acceptors (Lipinski definition) is 3. The highest BCUT2D eigenvalue weighted by molar-refractivity contribution is 5.85. The number of hydrogen-bond donors (Lipinski definition) is 1. The number of fused-ring (bicyclic) bond motifs is 1. The van der Waals surface area contributed by atoms with E-state index in [0.717, 1.165) is 19.0 Å². The summed E-state index contributed by atoms with van der Waals surface area (Å²) < 4.78 is 1.97. The van der Waals surface area contributed by atoms with Crippen molar-refractivity contribution in [2.24, 2.45) is 24.6 Å². The summed E-state index contributed by atoms with van der Waals surface area (Å²) in [7, 11) is 2.01. The Morgan fingerprint density at radius 3 is 2.75 bits per heavy atom. The van der Waals surface area contributed by atoms with Crippen molar-refractivity contribution in [3.8, 4) is 11.3 Å². The fourth-order valence-electron chi connectivity index (χ4n) is 4.47. The van der Waals surface area contributed by atoms with Crippen LogP contribution in [0.4, 0.5) is 0 Å². The normalized spacial score (nSPS) is 26.4. The second kappa shape index (κ2) is 6.87. The zero-order valence-electron chi connectivity index (χ0n) is 14.5. The minimum absolute atomic E-state index is 0. The molecule has 1 aromatic carbocycles.